The summed E-state index contributed by atoms with van der Waals surface area (Å²) in [6, 6.07) is 10.6. The molecule has 0 aliphatic carbocycles. The van der Waals surface area contributed by atoms with E-state index in [-0.39, 0.29) is 6.10 Å². The Morgan fingerprint density at radius 1 is 1.36 bits per heavy atom. The molecule has 1 fully saturated rings. The SMILES string of the molecule is CCNC(=NCC(c1ccccc1)C(C)C)N1CC[C@@H](O)C1. The van der Waals surface area contributed by atoms with Crippen LogP contribution >= 0.6 is 0 Å². The monoisotopic (exact) mass is 303 g/mol. The number of β-amino-alcohol motifs (C(OH)–C–C–N with tert-alkyl or cyclic N) is 1. The van der Waals surface area contributed by atoms with Gasteiger partial charge in [-0.2, -0.15) is 0 Å². The van der Waals surface area contributed by atoms with Crippen molar-refractivity contribution >= 4 is 5.96 Å². The van der Waals surface area contributed by atoms with Crippen molar-refractivity contribution in [3.63, 3.8) is 0 Å². The number of nitrogens with one attached hydrogen (secondary N) is 1. The lowest BCUT2D eigenvalue weighted by Crippen LogP contribution is -2.40. The van der Waals surface area contributed by atoms with E-state index in [0.29, 0.717) is 18.4 Å². The Morgan fingerprint density at radius 2 is 2.09 bits per heavy atom. The molecule has 1 aliphatic rings. The Hall–Kier alpha value is -1.55. The molecule has 0 spiro atoms. The molecule has 2 rings (SSSR count). The Kier molecular flexibility index (Phi) is 6.25. The molecule has 4 nitrogen and oxygen atoms in total. The molecule has 2 atom stereocenters. The number of rotatable bonds is 5. The van der Waals surface area contributed by atoms with Crippen LogP contribution in [0.2, 0.25) is 0 Å². The van der Waals surface area contributed by atoms with E-state index < -0.39 is 0 Å². The first-order valence-electron chi connectivity index (χ1n) is 8.38. The standard InChI is InChI=1S/C18H29N3O/c1-4-19-18(21-11-10-16(22)13-21)20-12-17(14(2)3)15-8-6-5-7-9-15/h5-9,14,16-17,22H,4,10-13H2,1-3H3,(H,19,20)/t16-,17?/m1/s1. The summed E-state index contributed by atoms with van der Waals surface area (Å²) in [5.74, 6) is 1.89. The molecule has 0 radical (unpaired) electrons. The normalized spacial score (nSPS) is 20.5. The van der Waals surface area contributed by atoms with Crippen molar-refractivity contribution in [2.75, 3.05) is 26.2 Å². The van der Waals surface area contributed by atoms with E-state index in [2.05, 4.69) is 61.3 Å². The van der Waals surface area contributed by atoms with Crippen molar-refractivity contribution in [1.29, 1.82) is 0 Å². The van der Waals surface area contributed by atoms with Crippen molar-refractivity contribution < 1.29 is 5.11 Å². The highest BCUT2D eigenvalue weighted by Gasteiger charge is 2.23. The first-order valence-corrected chi connectivity index (χ1v) is 8.38. The van der Waals surface area contributed by atoms with Crippen LogP contribution in [0.25, 0.3) is 0 Å². The van der Waals surface area contributed by atoms with E-state index in [1.807, 2.05) is 0 Å². The van der Waals surface area contributed by atoms with Gasteiger partial charge in [0.15, 0.2) is 5.96 Å². The van der Waals surface area contributed by atoms with Gasteiger partial charge in [-0.1, -0.05) is 44.2 Å². The van der Waals surface area contributed by atoms with Crippen LogP contribution in [-0.4, -0.2) is 48.2 Å². The number of nitrogens with zero attached hydrogens (tertiary/aromatic N) is 2. The number of aliphatic hydroxyl groups is 1. The van der Waals surface area contributed by atoms with Crippen LogP contribution in [0.4, 0.5) is 0 Å². The van der Waals surface area contributed by atoms with Crippen molar-refractivity contribution in [3.05, 3.63) is 35.9 Å². The number of likely N-dealkylation sites (tertiary alicyclic amines) is 1. The molecule has 2 N–H and O–H groups in total. The van der Waals surface area contributed by atoms with Gasteiger partial charge in [-0.3, -0.25) is 4.99 Å². The first kappa shape index (κ1) is 16.8. The second-order valence-corrected chi connectivity index (χ2v) is 6.34. The maximum atomic E-state index is 9.74. The number of hydrogen-bond acceptors (Lipinski definition) is 2. The molecule has 4 heteroatoms. The topological polar surface area (TPSA) is 47.9 Å². The fourth-order valence-electron chi connectivity index (χ4n) is 2.95. The van der Waals surface area contributed by atoms with Gasteiger partial charge >= 0.3 is 0 Å². The lowest BCUT2D eigenvalue weighted by Gasteiger charge is -2.24. The molecule has 0 bridgehead atoms. The summed E-state index contributed by atoms with van der Waals surface area (Å²) < 4.78 is 0. The highest BCUT2D eigenvalue weighted by atomic mass is 16.3. The minimum Gasteiger partial charge on any atom is -0.391 e. The quantitative estimate of drug-likeness (QED) is 0.649. The molecule has 1 saturated heterocycles. The zero-order valence-corrected chi connectivity index (χ0v) is 14.0. The minimum absolute atomic E-state index is 0.223. The zero-order chi connectivity index (χ0) is 15.9. The summed E-state index contributed by atoms with van der Waals surface area (Å²) in [5, 5.41) is 13.1. The molecular formula is C18H29N3O. The highest BCUT2D eigenvalue weighted by Crippen LogP contribution is 2.24. The van der Waals surface area contributed by atoms with Gasteiger partial charge in [0, 0.05) is 32.1 Å². The summed E-state index contributed by atoms with van der Waals surface area (Å²) in [6.07, 6.45) is 0.607. The highest BCUT2D eigenvalue weighted by molar-refractivity contribution is 5.80. The third-order valence-electron chi connectivity index (χ3n) is 4.27. The van der Waals surface area contributed by atoms with Crippen LogP contribution < -0.4 is 5.32 Å². The van der Waals surface area contributed by atoms with Gasteiger partial charge < -0.3 is 15.3 Å². The average Bonchev–Trinajstić information content (AvgIpc) is 2.93. The molecule has 1 aliphatic heterocycles. The Morgan fingerprint density at radius 3 is 2.64 bits per heavy atom. The summed E-state index contributed by atoms with van der Waals surface area (Å²) in [4.78, 5) is 7.01. The Labute approximate surface area is 134 Å². The largest absolute Gasteiger partial charge is 0.391 e. The average molecular weight is 303 g/mol. The van der Waals surface area contributed by atoms with Crippen molar-refractivity contribution in [2.24, 2.45) is 10.9 Å². The molecular weight excluding hydrogens is 274 g/mol. The van der Waals surface area contributed by atoms with Crippen LogP contribution in [0.15, 0.2) is 35.3 Å². The van der Waals surface area contributed by atoms with Crippen molar-refractivity contribution in [1.82, 2.24) is 10.2 Å². The smallest absolute Gasteiger partial charge is 0.194 e. The van der Waals surface area contributed by atoms with Gasteiger partial charge in [0.2, 0.25) is 0 Å². The molecule has 0 aromatic heterocycles. The second-order valence-electron chi connectivity index (χ2n) is 6.34. The zero-order valence-electron chi connectivity index (χ0n) is 14.0. The Balaban J connectivity index is 2.10. The second kappa shape index (κ2) is 8.18. The van der Waals surface area contributed by atoms with Gasteiger partial charge in [0.05, 0.1) is 6.10 Å². The third-order valence-corrected chi connectivity index (χ3v) is 4.27. The fraction of sp³-hybridized carbons (Fsp3) is 0.611. The van der Waals surface area contributed by atoms with E-state index in [1.165, 1.54) is 5.56 Å². The van der Waals surface area contributed by atoms with Gasteiger partial charge in [0.1, 0.15) is 0 Å². The van der Waals surface area contributed by atoms with Crippen molar-refractivity contribution in [3.8, 4) is 0 Å². The Bertz CT molecular complexity index is 472. The number of guanidine groups is 1. The maximum Gasteiger partial charge on any atom is 0.194 e. The van der Waals surface area contributed by atoms with Gasteiger partial charge in [0.25, 0.3) is 0 Å². The van der Waals surface area contributed by atoms with Gasteiger partial charge in [-0.15, -0.1) is 0 Å². The maximum absolute atomic E-state index is 9.74. The van der Waals surface area contributed by atoms with Crippen LogP contribution in [0, 0.1) is 5.92 Å². The lowest BCUT2D eigenvalue weighted by molar-refractivity contribution is 0.187. The van der Waals surface area contributed by atoms with Gasteiger partial charge in [-0.05, 0) is 24.8 Å². The molecule has 1 aromatic carbocycles. The van der Waals surface area contributed by atoms with Crippen LogP contribution in [-0.2, 0) is 0 Å². The molecule has 1 unspecified atom stereocenters. The van der Waals surface area contributed by atoms with E-state index in [4.69, 9.17) is 4.99 Å². The molecule has 1 heterocycles. The molecule has 0 amide bonds. The van der Waals surface area contributed by atoms with Crippen LogP contribution in [0.1, 0.15) is 38.7 Å². The first-order chi connectivity index (χ1) is 10.6. The summed E-state index contributed by atoms with van der Waals surface area (Å²) in [7, 11) is 0. The summed E-state index contributed by atoms with van der Waals surface area (Å²) >= 11 is 0. The predicted molar refractivity (Wildman–Crippen MR) is 92.2 cm³/mol. The van der Waals surface area contributed by atoms with Crippen molar-refractivity contribution in [2.45, 2.75) is 39.2 Å². The molecule has 22 heavy (non-hydrogen) atoms. The molecule has 1 aromatic rings. The van der Waals surface area contributed by atoms with Crippen LogP contribution in [0.5, 0.6) is 0 Å². The number of hydrogen-bond donors (Lipinski definition) is 2. The predicted octanol–water partition coefficient (Wildman–Crippen LogP) is 2.46. The molecule has 122 valence electrons. The summed E-state index contributed by atoms with van der Waals surface area (Å²) in [5.41, 5.74) is 1.35. The van der Waals surface area contributed by atoms with E-state index in [1.54, 1.807) is 0 Å². The van der Waals surface area contributed by atoms with Crippen LogP contribution in [0.3, 0.4) is 0 Å². The van der Waals surface area contributed by atoms with E-state index in [0.717, 1.165) is 32.0 Å². The number of aliphatic imine (C=N–C) groups is 1. The minimum atomic E-state index is -0.223. The van der Waals surface area contributed by atoms with Gasteiger partial charge in [-0.25, -0.2) is 0 Å². The number of aliphatic hydroxyl groups excluding tert-OH is 1. The summed E-state index contributed by atoms with van der Waals surface area (Å²) in [6.45, 7) is 9.77. The number of benzene rings is 1. The third kappa shape index (κ3) is 4.47. The van der Waals surface area contributed by atoms with E-state index >= 15 is 0 Å². The fourth-order valence-corrected chi connectivity index (χ4v) is 2.95. The lowest BCUT2D eigenvalue weighted by atomic mass is 9.88. The molecule has 0 saturated carbocycles. The van der Waals surface area contributed by atoms with E-state index in [9.17, 15) is 5.11 Å².